The third-order valence-electron chi connectivity index (χ3n) is 4.73. The van der Waals surface area contributed by atoms with E-state index in [4.69, 9.17) is 4.74 Å². The molecule has 2 rings (SSSR count). The van der Waals surface area contributed by atoms with Crippen molar-refractivity contribution in [2.75, 3.05) is 5.32 Å². The van der Waals surface area contributed by atoms with E-state index in [0.29, 0.717) is 11.6 Å². The molecule has 0 bridgehead atoms. The van der Waals surface area contributed by atoms with Gasteiger partial charge in [-0.25, -0.2) is 4.79 Å². The summed E-state index contributed by atoms with van der Waals surface area (Å²) in [4.78, 5) is 12.1. The summed E-state index contributed by atoms with van der Waals surface area (Å²) in [6, 6.07) is 7.67. The molecule has 24 heavy (non-hydrogen) atoms. The fourth-order valence-corrected chi connectivity index (χ4v) is 3.49. The van der Waals surface area contributed by atoms with Crippen LogP contribution in [0.3, 0.4) is 0 Å². The van der Waals surface area contributed by atoms with Crippen molar-refractivity contribution < 1.29 is 14.6 Å². The molecule has 1 saturated carbocycles. The fraction of sp³-hybridized carbons (Fsp3) is 0.650. The first-order valence-electron chi connectivity index (χ1n) is 9.05. The summed E-state index contributed by atoms with van der Waals surface area (Å²) in [6.07, 6.45) is 5.01. The summed E-state index contributed by atoms with van der Waals surface area (Å²) in [6.45, 7) is 7.56. The number of ether oxygens (including phenoxy) is 1. The van der Waals surface area contributed by atoms with E-state index in [1.54, 1.807) is 0 Å². The number of carbonyl (C=O) groups excluding carboxylic acids is 1. The molecule has 0 spiro atoms. The maximum Gasteiger partial charge on any atom is 0.412 e. The third-order valence-corrected chi connectivity index (χ3v) is 4.73. The van der Waals surface area contributed by atoms with Crippen LogP contribution < -0.4 is 5.32 Å². The maximum atomic E-state index is 12.1. The average molecular weight is 333 g/mol. The molecule has 0 aliphatic heterocycles. The lowest BCUT2D eigenvalue weighted by molar-refractivity contribution is 0.0623. The molecule has 1 aromatic carbocycles. The molecule has 1 aromatic rings. The number of carbonyl (C=O) groups is 1. The quantitative estimate of drug-likeness (QED) is 0.808. The van der Waals surface area contributed by atoms with Crippen molar-refractivity contribution in [2.45, 2.75) is 77.4 Å². The Morgan fingerprint density at radius 2 is 1.83 bits per heavy atom. The minimum absolute atomic E-state index is 0.0285. The van der Waals surface area contributed by atoms with Crippen LogP contribution in [0.1, 0.15) is 71.3 Å². The monoisotopic (exact) mass is 333 g/mol. The normalized spacial score (nSPS) is 18.7. The molecule has 0 heterocycles. The zero-order chi connectivity index (χ0) is 17.7. The molecule has 0 radical (unpaired) electrons. The van der Waals surface area contributed by atoms with Gasteiger partial charge in [0.05, 0.1) is 6.10 Å². The first kappa shape index (κ1) is 18.8. The smallest absolute Gasteiger partial charge is 0.412 e. The van der Waals surface area contributed by atoms with E-state index in [9.17, 15) is 9.90 Å². The predicted molar refractivity (Wildman–Crippen MR) is 97.3 cm³/mol. The Labute approximate surface area is 145 Å². The molecule has 0 saturated heterocycles. The van der Waals surface area contributed by atoms with Gasteiger partial charge in [-0.1, -0.05) is 44.4 Å². The van der Waals surface area contributed by atoms with Gasteiger partial charge in [0.1, 0.15) is 5.60 Å². The Morgan fingerprint density at radius 1 is 1.21 bits per heavy atom. The summed E-state index contributed by atoms with van der Waals surface area (Å²) < 4.78 is 5.34. The number of hydrogen-bond acceptors (Lipinski definition) is 3. The van der Waals surface area contributed by atoms with Gasteiger partial charge in [-0.2, -0.15) is 0 Å². The lowest BCUT2D eigenvalue weighted by Crippen LogP contribution is -2.30. The van der Waals surface area contributed by atoms with Crippen molar-refractivity contribution in [2.24, 2.45) is 5.92 Å². The van der Waals surface area contributed by atoms with Gasteiger partial charge in [0, 0.05) is 11.6 Å². The topological polar surface area (TPSA) is 58.6 Å². The number of aliphatic hydroxyl groups is 1. The van der Waals surface area contributed by atoms with Crippen LogP contribution in [0.25, 0.3) is 0 Å². The molecule has 1 aliphatic rings. The molecule has 2 N–H and O–H groups in total. The Hall–Kier alpha value is -1.55. The highest BCUT2D eigenvalue weighted by Gasteiger charge is 2.28. The second-order valence-corrected chi connectivity index (χ2v) is 7.89. The predicted octanol–water partition coefficient (Wildman–Crippen LogP) is 5.08. The zero-order valence-electron chi connectivity index (χ0n) is 15.3. The molecule has 2 atom stereocenters. The van der Waals surface area contributed by atoms with Crippen LogP contribution in [0.2, 0.25) is 0 Å². The number of hydrogen-bond donors (Lipinski definition) is 2. The first-order chi connectivity index (χ1) is 11.3. The van der Waals surface area contributed by atoms with Crippen molar-refractivity contribution in [3.63, 3.8) is 0 Å². The summed E-state index contributed by atoms with van der Waals surface area (Å²) >= 11 is 0. The number of rotatable bonds is 4. The summed E-state index contributed by atoms with van der Waals surface area (Å²) in [5, 5.41) is 13.6. The highest BCUT2D eigenvalue weighted by Crippen LogP contribution is 2.35. The van der Waals surface area contributed by atoms with Crippen molar-refractivity contribution in [3.8, 4) is 0 Å². The lowest BCUT2D eigenvalue weighted by atomic mass is 9.78. The number of nitrogens with one attached hydrogen (secondary N) is 1. The summed E-state index contributed by atoms with van der Waals surface area (Å²) in [5.41, 5.74) is 1.14. The first-order valence-corrected chi connectivity index (χ1v) is 9.05. The summed E-state index contributed by atoms with van der Waals surface area (Å²) in [5.74, 6) is 0.322. The van der Waals surface area contributed by atoms with Gasteiger partial charge in [-0.05, 0) is 51.2 Å². The third kappa shape index (κ3) is 5.23. The van der Waals surface area contributed by atoms with Gasteiger partial charge < -0.3 is 9.84 Å². The molecule has 1 fully saturated rings. The largest absolute Gasteiger partial charge is 0.444 e. The second kappa shape index (κ2) is 8.02. The van der Waals surface area contributed by atoms with Crippen LogP contribution in [-0.2, 0) is 4.74 Å². The van der Waals surface area contributed by atoms with Gasteiger partial charge >= 0.3 is 6.09 Å². The Kier molecular flexibility index (Phi) is 6.27. The second-order valence-electron chi connectivity index (χ2n) is 7.89. The van der Waals surface area contributed by atoms with Gasteiger partial charge in [-0.15, -0.1) is 0 Å². The number of anilines is 1. The molecular weight excluding hydrogens is 302 g/mol. The molecular formula is C20H31NO3. The molecule has 134 valence electrons. The van der Waals surface area contributed by atoms with Gasteiger partial charge in [0.25, 0.3) is 0 Å². The Balaban J connectivity index is 2.10. The molecule has 2 unspecified atom stereocenters. The van der Waals surface area contributed by atoms with E-state index < -0.39 is 11.7 Å². The fourth-order valence-electron chi connectivity index (χ4n) is 3.49. The Bertz CT molecular complexity index is 544. The van der Waals surface area contributed by atoms with Crippen LogP contribution in [0.15, 0.2) is 24.3 Å². The van der Waals surface area contributed by atoms with Crippen LogP contribution in [-0.4, -0.2) is 22.9 Å². The van der Waals surface area contributed by atoms with Crippen molar-refractivity contribution in [1.82, 2.24) is 0 Å². The number of amides is 1. The van der Waals surface area contributed by atoms with Crippen molar-refractivity contribution in [1.29, 1.82) is 0 Å². The van der Waals surface area contributed by atoms with Crippen molar-refractivity contribution in [3.05, 3.63) is 29.8 Å². The average Bonchev–Trinajstić information content (AvgIpc) is 2.53. The number of para-hydroxylation sites is 1. The van der Waals surface area contributed by atoms with E-state index >= 15 is 0 Å². The summed E-state index contributed by atoms with van der Waals surface area (Å²) in [7, 11) is 0. The SMILES string of the molecule is CC(c1ccccc1NC(=O)OC(C)(C)C)C(O)C1CCCCC1. The van der Waals surface area contributed by atoms with E-state index in [2.05, 4.69) is 5.32 Å². The van der Waals surface area contributed by atoms with Crippen LogP contribution in [0, 0.1) is 5.92 Å². The van der Waals surface area contributed by atoms with Gasteiger partial charge in [0.15, 0.2) is 0 Å². The number of aliphatic hydroxyl groups excluding tert-OH is 1. The van der Waals surface area contributed by atoms with Crippen LogP contribution in [0.4, 0.5) is 10.5 Å². The van der Waals surface area contributed by atoms with Crippen molar-refractivity contribution >= 4 is 11.8 Å². The van der Waals surface area contributed by atoms with Gasteiger partial charge in [0.2, 0.25) is 0 Å². The van der Waals surface area contributed by atoms with E-state index in [-0.39, 0.29) is 12.0 Å². The Morgan fingerprint density at radius 3 is 2.46 bits per heavy atom. The van der Waals surface area contributed by atoms with E-state index in [1.807, 2.05) is 52.0 Å². The molecule has 0 aromatic heterocycles. The minimum atomic E-state index is -0.535. The molecule has 4 nitrogen and oxygen atoms in total. The maximum absolute atomic E-state index is 12.1. The van der Waals surface area contributed by atoms with Crippen LogP contribution in [0.5, 0.6) is 0 Å². The standard InChI is InChI=1S/C20H31NO3/c1-14(18(22)15-10-6-5-7-11-15)16-12-8-9-13-17(16)21-19(23)24-20(2,3)4/h8-9,12-15,18,22H,5-7,10-11H2,1-4H3,(H,21,23). The molecule has 1 aliphatic carbocycles. The zero-order valence-corrected chi connectivity index (χ0v) is 15.3. The van der Waals surface area contributed by atoms with Crippen LogP contribution >= 0.6 is 0 Å². The lowest BCUT2D eigenvalue weighted by Gasteiger charge is -2.31. The highest BCUT2D eigenvalue weighted by molar-refractivity contribution is 5.86. The van der Waals surface area contributed by atoms with E-state index in [1.165, 1.54) is 19.3 Å². The molecule has 4 heteroatoms. The van der Waals surface area contributed by atoms with E-state index in [0.717, 1.165) is 18.4 Å². The van der Waals surface area contributed by atoms with Gasteiger partial charge in [-0.3, -0.25) is 5.32 Å². The highest BCUT2D eigenvalue weighted by atomic mass is 16.6. The number of benzene rings is 1. The molecule has 1 amide bonds. The minimum Gasteiger partial charge on any atom is -0.444 e.